The molecule has 110 valence electrons. The Morgan fingerprint density at radius 3 is 2.75 bits per heavy atom. The van der Waals surface area contributed by atoms with Gasteiger partial charge in [0.05, 0.1) is 17.6 Å². The number of methoxy groups -OCH3 is 1. The molecule has 8 nitrogen and oxygen atoms in total. The van der Waals surface area contributed by atoms with Gasteiger partial charge < -0.3 is 20.7 Å². The van der Waals surface area contributed by atoms with Gasteiger partial charge in [-0.2, -0.15) is 0 Å². The lowest BCUT2D eigenvalue weighted by molar-refractivity contribution is -0.384. The summed E-state index contributed by atoms with van der Waals surface area (Å²) >= 11 is 0. The van der Waals surface area contributed by atoms with Crippen LogP contribution in [0.2, 0.25) is 0 Å². The average molecular weight is 282 g/mol. The number of hydrogen-bond acceptors (Lipinski definition) is 5. The van der Waals surface area contributed by atoms with E-state index in [0.29, 0.717) is 18.8 Å². The first kappa shape index (κ1) is 15.7. The van der Waals surface area contributed by atoms with E-state index in [-0.39, 0.29) is 17.8 Å². The third-order valence-corrected chi connectivity index (χ3v) is 2.57. The predicted octanol–water partition coefficient (Wildman–Crippen LogP) is 0.951. The molecule has 0 heterocycles. The van der Waals surface area contributed by atoms with Crippen LogP contribution >= 0.6 is 0 Å². The van der Waals surface area contributed by atoms with Crippen LogP contribution in [0.1, 0.15) is 0 Å². The molecule has 1 unspecified atom stereocenters. The second-order valence-corrected chi connectivity index (χ2v) is 4.03. The highest BCUT2D eigenvalue weighted by Crippen LogP contribution is 2.22. The summed E-state index contributed by atoms with van der Waals surface area (Å²) in [5.41, 5.74) is 0.390. The van der Waals surface area contributed by atoms with Crippen molar-refractivity contribution in [2.24, 2.45) is 0 Å². The van der Waals surface area contributed by atoms with Crippen molar-refractivity contribution in [3.05, 3.63) is 34.4 Å². The molecular weight excluding hydrogens is 264 g/mol. The van der Waals surface area contributed by atoms with Crippen LogP contribution in [0.4, 0.5) is 16.2 Å². The molecule has 0 aliphatic carbocycles. The summed E-state index contributed by atoms with van der Waals surface area (Å²) in [4.78, 5) is 21.7. The Morgan fingerprint density at radius 1 is 1.45 bits per heavy atom. The number of rotatable bonds is 7. The van der Waals surface area contributed by atoms with Crippen molar-refractivity contribution in [2.75, 3.05) is 32.6 Å². The molecule has 0 saturated carbocycles. The summed E-state index contributed by atoms with van der Waals surface area (Å²) in [6, 6.07) is 5.68. The van der Waals surface area contributed by atoms with E-state index in [1.54, 1.807) is 18.2 Å². The lowest BCUT2D eigenvalue weighted by Crippen LogP contribution is -2.46. The predicted molar refractivity (Wildman–Crippen MR) is 74.8 cm³/mol. The first-order valence-corrected chi connectivity index (χ1v) is 6.03. The Morgan fingerprint density at radius 2 is 2.15 bits per heavy atom. The van der Waals surface area contributed by atoms with Gasteiger partial charge in [-0.3, -0.25) is 10.1 Å². The van der Waals surface area contributed by atoms with Crippen LogP contribution < -0.4 is 16.0 Å². The van der Waals surface area contributed by atoms with Gasteiger partial charge in [0.15, 0.2) is 0 Å². The summed E-state index contributed by atoms with van der Waals surface area (Å²) in [5.74, 6) is 0. The number of benzene rings is 1. The van der Waals surface area contributed by atoms with Gasteiger partial charge in [-0.05, 0) is 6.07 Å². The van der Waals surface area contributed by atoms with Crippen LogP contribution in [-0.2, 0) is 4.74 Å². The number of nitro benzene ring substituents is 1. The molecular formula is C12H18N4O4. The van der Waals surface area contributed by atoms with Crippen molar-refractivity contribution < 1.29 is 14.5 Å². The number of anilines is 1. The number of carbonyl (C=O) groups is 1. The van der Waals surface area contributed by atoms with Crippen molar-refractivity contribution in [1.82, 2.24) is 10.6 Å². The minimum absolute atomic E-state index is 0.0105. The van der Waals surface area contributed by atoms with Gasteiger partial charge >= 0.3 is 6.03 Å². The molecule has 1 rings (SSSR count). The topological polar surface area (TPSA) is 106 Å². The Kier molecular flexibility index (Phi) is 6.24. The smallest absolute Gasteiger partial charge is 0.314 e. The highest BCUT2D eigenvalue weighted by molar-refractivity contribution is 5.74. The molecule has 0 aliphatic heterocycles. The molecule has 0 aliphatic rings. The molecule has 8 heteroatoms. The van der Waals surface area contributed by atoms with Gasteiger partial charge in [0, 0.05) is 26.8 Å². The maximum Gasteiger partial charge on any atom is 0.314 e. The first-order chi connectivity index (χ1) is 9.58. The molecule has 0 bridgehead atoms. The maximum atomic E-state index is 11.3. The zero-order valence-corrected chi connectivity index (χ0v) is 11.4. The third kappa shape index (κ3) is 4.73. The van der Waals surface area contributed by atoms with E-state index in [1.807, 2.05) is 0 Å². The Hall–Kier alpha value is -2.35. The van der Waals surface area contributed by atoms with E-state index in [9.17, 15) is 14.9 Å². The summed E-state index contributed by atoms with van der Waals surface area (Å²) in [7, 11) is 3.03. The van der Waals surface area contributed by atoms with Gasteiger partial charge in [-0.25, -0.2) is 4.79 Å². The second-order valence-electron chi connectivity index (χ2n) is 4.03. The van der Waals surface area contributed by atoms with Crippen LogP contribution in [-0.4, -0.2) is 44.3 Å². The van der Waals surface area contributed by atoms with E-state index in [0.717, 1.165) is 0 Å². The van der Waals surface area contributed by atoms with E-state index in [2.05, 4.69) is 16.0 Å². The molecule has 0 fully saturated rings. The minimum atomic E-state index is -0.458. The van der Waals surface area contributed by atoms with Crippen LogP contribution in [0.3, 0.4) is 0 Å². The van der Waals surface area contributed by atoms with Crippen LogP contribution in [0.25, 0.3) is 0 Å². The highest BCUT2D eigenvalue weighted by atomic mass is 16.6. The number of urea groups is 1. The van der Waals surface area contributed by atoms with Crippen molar-refractivity contribution in [3.8, 4) is 0 Å². The van der Waals surface area contributed by atoms with Gasteiger partial charge in [-0.15, -0.1) is 0 Å². The molecule has 0 saturated heterocycles. The fourth-order valence-electron chi connectivity index (χ4n) is 1.63. The third-order valence-electron chi connectivity index (χ3n) is 2.57. The van der Waals surface area contributed by atoms with Gasteiger partial charge in [0.1, 0.15) is 5.69 Å². The molecule has 20 heavy (non-hydrogen) atoms. The number of nitro groups is 1. The Labute approximate surface area is 116 Å². The fraction of sp³-hybridized carbons (Fsp3) is 0.417. The van der Waals surface area contributed by atoms with Crippen LogP contribution in [0.5, 0.6) is 0 Å². The lowest BCUT2D eigenvalue weighted by Gasteiger charge is -2.18. The lowest BCUT2D eigenvalue weighted by atomic mass is 10.2. The van der Waals surface area contributed by atoms with Gasteiger partial charge in [0.25, 0.3) is 5.69 Å². The van der Waals surface area contributed by atoms with Crippen LogP contribution in [0.15, 0.2) is 24.3 Å². The van der Waals surface area contributed by atoms with E-state index in [1.165, 1.54) is 20.2 Å². The standard InChI is InChI=1S/C12H18N4O4/c1-13-12(17)15-9(8-20-2)7-14-10-5-3-4-6-11(10)16(18)19/h3-6,9,14H,7-8H2,1-2H3,(H2,13,15,17). The Balaban J connectivity index is 2.67. The molecule has 2 amide bonds. The number of carbonyl (C=O) groups excluding carboxylic acids is 1. The van der Waals surface area contributed by atoms with Gasteiger partial charge in [-0.1, -0.05) is 12.1 Å². The molecule has 0 aromatic heterocycles. The fourth-order valence-corrected chi connectivity index (χ4v) is 1.63. The zero-order chi connectivity index (χ0) is 15.0. The molecule has 0 spiro atoms. The largest absolute Gasteiger partial charge is 0.382 e. The Bertz CT molecular complexity index is 467. The first-order valence-electron chi connectivity index (χ1n) is 6.03. The summed E-state index contributed by atoms with van der Waals surface area (Å²) in [5, 5.41) is 18.9. The number of nitrogens with one attached hydrogen (secondary N) is 3. The molecule has 1 aromatic carbocycles. The monoisotopic (exact) mass is 282 g/mol. The summed E-state index contributed by atoms with van der Waals surface area (Å²) in [6.07, 6.45) is 0. The van der Waals surface area contributed by atoms with E-state index >= 15 is 0 Å². The second kappa shape index (κ2) is 7.95. The normalized spacial score (nSPS) is 11.5. The van der Waals surface area contributed by atoms with Crippen molar-refractivity contribution >= 4 is 17.4 Å². The SMILES string of the molecule is CNC(=O)NC(CNc1ccccc1[N+](=O)[O-])COC. The summed E-state index contributed by atoms with van der Waals surface area (Å²) < 4.78 is 5.00. The number of ether oxygens (including phenoxy) is 1. The average Bonchev–Trinajstić information content (AvgIpc) is 2.45. The molecule has 1 aromatic rings. The minimum Gasteiger partial charge on any atom is -0.382 e. The van der Waals surface area contributed by atoms with Crippen LogP contribution in [0, 0.1) is 10.1 Å². The highest BCUT2D eigenvalue weighted by Gasteiger charge is 2.15. The van der Waals surface area contributed by atoms with E-state index in [4.69, 9.17) is 4.74 Å². The molecule has 0 radical (unpaired) electrons. The summed E-state index contributed by atoms with van der Waals surface area (Å²) in [6.45, 7) is 0.604. The van der Waals surface area contributed by atoms with Crippen molar-refractivity contribution in [3.63, 3.8) is 0 Å². The number of nitrogens with zero attached hydrogens (tertiary/aromatic N) is 1. The molecule has 3 N–H and O–H groups in total. The quantitative estimate of drug-likeness (QED) is 0.510. The van der Waals surface area contributed by atoms with Crippen molar-refractivity contribution in [1.29, 1.82) is 0 Å². The number of hydrogen-bond donors (Lipinski definition) is 3. The molecule has 1 atom stereocenters. The van der Waals surface area contributed by atoms with Crippen molar-refractivity contribution in [2.45, 2.75) is 6.04 Å². The van der Waals surface area contributed by atoms with Gasteiger partial charge in [0.2, 0.25) is 0 Å². The van der Waals surface area contributed by atoms with E-state index < -0.39 is 4.92 Å². The maximum absolute atomic E-state index is 11.3. The number of para-hydroxylation sites is 2. The number of amides is 2. The zero-order valence-electron chi connectivity index (χ0n) is 11.4.